The van der Waals surface area contributed by atoms with Gasteiger partial charge in [0.15, 0.2) is 0 Å². The van der Waals surface area contributed by atoms with Gasteiger partial charge in [0.05, 0.1) is 23.3 Å². The normalized spacial score (nSPS) is 10.7. The number of carboxylic acid groups (broad SMARTS) is 1. The van der Waals surface area contributed by atoms with E-state index in [1.807, 2.05) is 6.07 Å². The third-order valence-electron chi connectivity index (χ3n) is 2.70. The first-order valence-electron chi connectivity index (χ1n) is 5.57. The lowest BCUT2D eigenvalue weighted by molar-refractivity contribution is 0.0697. The van der Waals surface area contributed by atoms with Crippen LogP contribution in [-0.4, -0.2) is 36.3 Å². The van der Waals surface area contributed by atoms with Crippen LogP contribution in [0.2, 0.25) is 0 Å². The number of fused-ring (bicyclic) bond motifs is 1. The minimum absolute atomic E-state index is 0.204. The Morgan fingerprint density at radius 1 is 1.26 bits per heavy atom. The Morgan fingerprint density at radius 2 is 2.16 bits per heavy atom. The van der Waals surface area contributed by atoms with Crippen molar-refractivity contribution in [2.45, 2.75) is 6.54 Å². The summed E-state index contributed by atoms with van der Waals surface area (Å²) in [5.74, 6) is -0.978. The molecule has 0 aliphatic heterocycles. The summed E-state index contributed by atoms with van der Waals surface area (Å²) in [6.45, 7) is 0.396. The lowest BCUT2D eigenvalue weighted by Crippen LogP contribution is -2.05. The third kappa shape index (κ3) is 2.13. The summed E-state index contributed by atoms with van der Waals surface area (Å²) in [6.07, 6.45) is 1.59. The van der Waals surface area contributed by atoms with Crippen LogP contribution in [0.1, 0.15) is 16.1 Å². The fraction of sp³-hybridized carbons (Fsp3) is 0.0833. The predicted octanol–water partition coefficient (Wildman–Crippen LogP) is 0.968. The van der Waals surface area contributed by atoms with Crippen LogP contribution in [0.3, 0.4) is 0 Å². The topological polar surface area (TPSA) is 93.8 Å². The van der Waals surface area contributed by atoms with Crippen LogP contribution in [0.25, 0.3) is 11.0 Å². The first-order chi connectivity index (χ1) is 9.24. The number of benzene rings is 1. The quantitative estimate of drug-likeness (QED) is 0.749. The largest absolute Gasteiger partial charge is 0.478 e. The van der Waals surface area contributed by atoms with E-state index in [0.29, 0.717) is 17.6 Å². The maximum atomic E-state index is 11.0. The van der Waals surface area contributed by atoms with Crippen molar-refractivity contribution in [3.05, 3.63) is 47.8 Å². The SMILES string of the molecule is O=C(O)c1ccc2nnn(Cc3cccnn3)c2c1. The maximum absolute atomic E-state index is 11.0. The molecule has 7 nitrogen and oxygen atoms in total. The smallest absolute Gasteiger partial charge is 0.335 e. The molecule has 7 heteroatoms. The molecule has 2 heterocycles. The van der Waals surface area contributed by atoms with Gasteiger partial charge in [0.1, 0.15) is 5.52 Å². The van der Waals surface area contributed by atoms with Gasteiger partial charge < -0.3 is 5.11 Å². The fourth-order valence-electron chi connectivity index (χ4n) is 1.79. The number of hydrogen-bond donors (Lipinski definition) is 1. The highest BCUT2D eigenvalue weighted by atomic mass is 16.4. The van der Waals surface area contributed by atoms with Gasteiger partial charge in [0, 0.05) is 6.20 Å². The summed E-state index contributed by atoms with van der Waals surface area (Å²) < 4.78 is 1.60. The van der Waals surface area contributed by atoms with Crippen molar-refractivity contribution in [3.63, 3.8) is 0 Å². The van der Waals surface area contributed by atoms with Crippen molar-refractivity contribution in [1.82, 2.24) is 25.2 Å². The van der Waals surface area contributed by atoms with Gasteiger partial charge in [-0.1, -0.05) is 5.21 Å². The van der Waals surface area contributed by atoms with Crippen molar-refractivity contribution in [1.29, 1.82) is 0 Å². The van der Waals surface area contributed by atoms with E-state index in [4.69, 9.17) is 5.11 Å². The van der Waals surface area contributed by atoms with Gasteiger partial charge in [-0.15, -0.1) is 5.10 Å². The minimum atomic E-state index is -0.978. The molecule has 0 amide bonds. The first kappa shape index (κ1) is 11.3. The van der Waals surface area contributed by atoms with Gasteiger partial charge in [-0.05, 0) is 30.3 Å². The molecule has 0 fully saturated rings. The Bertz CT molecular complexity index is 738. The second kappa shape index (κ2) is 4.45. The molecule has 0 saturated heterocycles. The second-order valence-electron chi connectivity index (χ2n) is 3.97. The van der Waals surface area contributed by atoms with Crippen LogP contribution < -0.4 is 0 Å². The molecule has 3 rings (SSSR count). The van der Waals surface area contributed by atoms with Gasteiger partial charge in [0.2, 0.25) is 0 Å². The van der Waals surface area contributed by atoms with E-state index in [-0.39, 0.29) is 5.56 Å². The van der Waals surface area contributed by atoms with Gasteiger partial charge in [-0.2, -0.15) is 10.2 Å². The number of nitrogens with zero attached hydrogens (tertiary/aromatic N) is 5. The molecule has 1 aromatic carbocycles. The number of carboxylic acids is 1. The molecule has 0 unspecified atom stereocenters. The molecular formula is C12H9N5O2. The third-order valence-corrected chi connectivity index (χ3v) is 2.70. The fourth-order valence-corrected chi connectivity index (χ4v) is 1.79. The van der Waals surface area contributed by atoms with E-state index in [1.165, 1.54) is 6.07 Å². The molecule has 94 valence electrons. The highest BCUT2D eigenvalue weighted by Crippen LogP contribution is 2.14. The number of aromatic nitrogens is 5. The molecule has 0 spiro atoms. The van der Waals surface area contributed by atoms with Gasteiger partial charge >= 0.3 is 5.97 Å². The van der Waals surface area contributed by atoms with Gasteiger partial charge in [-0.3, -0.25) is 0 Å². The molecule has 0 saturated carbocycles. The average Bonchev–Trinajstić information content (AvgIpc) is 2.82. The maximum Gasteiger partial charge on any atom is 0.335 e. The predicted molar refractivity (Wildman–Crippen MR) is 65.6 cm³/mol. The average molecular weight is 255 g/mol. The summed E-state index contributed by atoms with van der Waals surface area (Å²) >= 11 is 0. The van der Waals surface area contributed by atoms with Crippen LogP contribution in [0.15, 0.2) is 36.5 Å². The zero-order valence-electron chi connectivity index (χ0n) is 9.76. The summed E-state index contributed by atoms with van der Waals surface area (Å²) in [5, 5.41) is 24.7. The van der Waals surface area contributed by atoms with Crippen LogP contribution in [0.5, 0.6) is 0 Å². The van der Waals surface area contributed by atoms with Crippen molar-refractivity contribution in [2.24, 2.45) is 0 Å². The van der Waals surface area contributed by atoms with Crippen molar-refractivity contribution >= 4 is 17.0 Å². The van der Waals surface area contributed by atoms with Crippen LogP contribution in [0.4, 0.5) is 0 Å². The Kier molecular flexibility index (Phi) is 2.64. The van der Waals surface area contributed by atoms with Crippen molar-refractivity contribution in [3.8, 4) is 0 Å². The lowest BCUT2D eigenvalue weighted by Gasteiger charge is -2.01. The Balaban J connectivity index is 2.04. The molecule has 0 aliphatic rings. The molecule has 0 aliphatic carbocycles. The van der Waals surface area contributed by atoms with Crippen LogP contribution >= 0.6 is 0 Å². The molecule has 0 bridgehead atoms. The van der Waals surface area contributed by atoms with Crippen molar-refractivity contribution < 1.29 is 9.90 Å². The summed E-state index contributed by atoms with van der Waals surface area (Å²) in [5.41, 5.74) is 2.24. The van der Waals surface area contributed by atoms with E-state index in [0.717, 1.165) is 5.69 Å². The minimum Gasteiger partial charge on any atom is -0.478 e. The van der Waals surface area contributed by atoms with Gasteiger partial charge in [0.25, 0.3) is 0 Å². The lowest BCUT2D eigenvalue weighted by atomic mass is 10.2. The van der Waals surface area contributed by atoms with E-state index < -0.39 is 5.97 Å². The summed E-state index contributed by atoms with van der Waals surface area (Å²) in [7, 11) is 0. The molecule has 0 radical (unpaired) electrons. The molecular weight excluding hydrogens is 246 g/mol. The summed E-state index contributed by atoms with van der Waals surface area (Å²) in [4.78, 5) is 11.0. The molecule has 19 heavy (non-hydrogen) atoms. The van der Waals surface area contributed by atoms with Crippen molar-refractivity contribution in [2.75, 3.05) is 0 Å². The van der Waals surface area contributed by atoms with E-state index >= 15 is 0 Å². The first-order valence-corrected chi connectivity index (χ1v) is 5.57. The number of aromatic carboxylic acids is 1. The highest BCUT2D eigenvalue weighted by molar-refractivity contribution is 5.92. The second-order valence-corrected chi connectivity index (χ2v) is 3.97. The van der Waals surface area contributed by atoms with E-state index in [2.05, 4.69) is 20.5 Å². The van der Waals surface area contributed by atoms with E-state index in [1.54, 1.807) is 29.1 Å². The number of carbonyl (C=O) groups is 1. The molecule has 0 atom stereocenters. The molecule has 1 N–H and O–H groups in total. The Morgan fingerprint density at radius 3 is 2.89 bits per heavy atom. The Hall–Kier alpha value is -2.83. The van der Waals surface area contributed by atoms with Gasteiger partial charge in [-0.25, -0.2) is 9.48 Å². The zero-order chi connectivity index (χ0) is 13.2. The monoisotopic (exact) mass is 255 g/mol. The van der Waals surface area contributed by atoms with E-state index in [9.17, 15) is 4.79 Å². The van der Waals surface area contributed by atoms with Crippen LogP contribution in [-0.2, 0) is 6.54 Å². The standard InChI is InChI=1S/C12H9N5O2/c18-12(19)8-3-4-10-11(6-8)17(16-15-10)7-9-2-1-5-13-14-9/h1-6H,7H2,(H,18,19). The zero-order valence-corrected chi connectivity index (χ0v) is 9.76. The number of rotatable bonds is 3. The molecule has 2 aromatic heterocycles. The number of hydrogen-bond acceptors (Lipinski definition) is 5. The van der Waals surface area contributed by atoms with Crippen LogP contribution in [0, 0.1) is 0 Å². The Labute approximate surface area is 107 Å². The summed E-state index contributed by atoms with van der Waals surface area (Å²) in [6, 6.07) is 8.30. The molecule has 3 aromatic rings. The highest BCUT2D eigenvalue weighted by Gasteiger charge is 2.09.